The van der Waals surface area contributed by atoms with E-state index in [0.717, 1.165) is 22.4 Å². The number of amides is 1. The molecule has 0 unspecified atom stereocenters. The molecule has 0 saturated heterocycles. The van der Waals surface area contributed by atoms with E-state index in [4.69, 9.17) is 9.47 Å². The minimum Gasteiger partial charge on any atom is -0.488 e. The highest BCUT2D eigenvalue weighted by Crippen LogP contribution is 2.19. The smallest absolute Gasteiger partial charge is 0.254 e. The van der Waals surface area contributed by atoms with Gasteiger partial charge >= 0.3 is 0 Å². The monoisotopic (exact) mass is 404 g/mol. The van der Waals surface area contributed by atoms with Crippen molar-refractivity contribution >= 4 is 5.91 Å². The zero-order valence-electron chi connectivity index (χ0n) is 17.7. The number of methoxy groups -OCH3 is 1. The number of benzene rings is 2. The van der Waals surface area contributed by atoms with Gasteiger partial charge in [-0.1, -0.05) is 29.8 Å². The van der Waals surface area contributed by atoms with E-state index in [2.05, 4.69) is 4.98 Å². The molecule has 3 aromatic rings. The first-order valence-corrected chi connectivity index (χ1v) is 10.0. The largest absolute Gasteiger partial charge is 0.488 e. The quantitative estimate of drug-likeness (QED) is 0.521. The second-order valence-corrected chi connectivity index (χ2v) is 7.41. The SMILES string of the molecule is COC[C@H](C)Oc1cccc(CN(Cc2ccncc2)C(=O)c2ccc(C)cc2)c1. The summed E-state index contributed by atoms with van der Waals surface area (Å²) in [6.07, 6.45) is 3.44. The van der Waals surface area contributed by atoms with Crippen molar-refractivity contribution in [2.45, 2.75) is 33.0 Å². The van der Waals surface area contributed by atoms with E-state index in [1.165, 1.54) is 0 Å². The summed E-state index contributed by atoms with van der Waals surface area (Å²) >= 11 is 0. The first kappa shape index (κ1) is 21.5. The Balaban J connectivity index is 1.81. The highest BCUT2D eigenvalue weighted by molar-refractivity contribution is 5.94. The Hall–Kier alpha value is -3.18. The maximum atomic E-state index is 13.3. The van der Waals surface area contributed by atoms with Crippen LogP contribution >= 0.6 is 0 Å². The average molecular weight is 405 g/mol. The summed E-state index contributed by atoms with van der Waals surface area (Å²) in [6, 6.07) is 19.4. The van der Waals surface area contributed by atoms with Crippen molar-refractivity contribution in [3.05, 3.63) is 95.3 Å². The minimum atomic E-state index is -0.0487. The van der Waals surface area contributed by atoms with Gasteiger partial charge in [0.15, 0.2) is 0 Å². The van der Waals surface area contributed by atoms with Crippen LogP contribution < -0.4 is 4.74 Å². The van der Waals surface area contributed by atoms with E-state index in [0.29, 0.717) is 25.3 Å². The van der Waals surface area contributed by atoms with E-state index < -0.39 is 0 Å². The number of ether oxygens (including phenoxy) is 2. The van der Waals surface area contributed by atoms with Gasteiger partial charge in [-0.3, -0.25) is 9.78 Å². The number of pyridine rings is 1. The summed E-state index contributed by atoms with van der Waals surface area (Å²) in [4.78, 5) is 19.2. The number of carbonyl (C=O) groups is 1. The van der Waals surface area contributed by atoms with Crippen molar-refractivity contribution < 1.29 is 14.3 Å². The molecule has 0 N–H and O–H groups in total. The van der Waals surface area contributed by atoms with Crippen LogP contribution in [0.5, 0.6) is 5.75 Å². The number of aryl methyl sites for hydroxylation is 1. The lowest BCUT2D eigenvalue weighted by Gasteiger charge is -2.24. The fourth-order valence-corrected chi connectivity index (χ4v) is 3.23. The highest BCUT2D eigenvalue weighted by atomic mass is 16.5. The molecule has 30 heavy (non-hydrogen) atoms. The van der Waals surface area contributed by atoms with Crippen molar-refractivity contribution in [3.63, 3.8) is 0 Å². The molecule has 1 amide bonds. The molecule has 0 radical (unpaired) electrons. The molecule has 1 atom stereocenters. The van der Waals surface area contributed by atoms with Gasteiger partial charge in [0.05, 0.1) is 6.61 Å². The first-order chi connectivity index (χ1) is 14.5. The van der Waals surface area contributed by atoms with Crippen molar-refractivity contribution in [1.82, 2.24) is 9.88 Å². The van der Waals surface area contributed by atoms with Crippen LogP contribution in [0.4, 0.5) is 0 Å². The summed E-state index contributed by atoms with van der Waals surface area (Å²) < 4.78 is 11.1. The van der Waals surface area contributed by atoms with Crippen LogP contribution in [-0.2, 0) is 17.8 Å². The highest BCUT2D eigenvalue weighted by Gasteiger charge is 2.17. The van der Waals surface area contributed by atoms with Crippen LogP contribution in [0.1, 0.15) is 34.0 Å². The third-order valence-corrected chi connectivity index (χ3v) is 4.72. The van der Waals surface area contributed by atoms with Crippen LogP contribution in [0.3, 0.4) is 0 Å². The third-order valence-electron chi connectivity index (χ3n) is 4.72. The van der Waals surface area contributed by atoms with Crippen LogP contribution in [-0.4, -0.2) is 35.6 Å². The average Bonchev–Trinajstić information content (AvgIpc) is 2.74. The molecule has 0 aliphatic carbocycles. The lowest BCUT2D eigenvalue weighted by Crippen LogP contribution is -2.30. The Morgan fingerprint density at radius 3 is 2.40 bits per heavy atom. The Bertz CT molecular complexity index is 942. The minimum absolute atomic E-state index is 0.00844. The first-order valence-electron chi connectivity index (χ1n) is 10.0. The Labute approximate surface area is 178 Å². The molecule has 5 heteroatoms. The third kappa shape index (κ3) is 6.16. The standard InChI is InChI=1S/C25H28N2O3/c1-19-7-9-23(10-8-19)25(28)27(16-21-11-13-26-14-12-21)17-22-5-4-6-24(15-22)30-20(2)18-29-3/h4-15,20H,16-18H2,1-3H3/t20-/m0/s1. The Kier molecular flexibility index (Phi) is 7.57. The van der Waals surface area contributed by atoms with Crippen molar-refractivity contribution in [2.75, 3.05) is 13.7 Å². The molecule has 156 valence electrons. The van der Waals surface area contributed by atoms with Crippen molar-refractivity contribution in [2.24, 2.45) is 0 Å². The molecular weight excluding hydrogens is 376 g/mol. The number of rotatable bonds is 9. The fourth-order valence-electron chi connectivity index (χ4n) is 3.23. The topological polar surface area (TPSA) is 51.7 Å². The summed E-state index contributed by atoms with van der Waals surface area (Å²) in [5.74, 6) is 0.759. The van der Waals surface area contributed by atoms with Gasteiger partial charge < -0.3 is 14.4 Å². The molecule has 1 heterocycles. The Morgan fingerprint density at radius 2 is 1.70 bits per heavy atom. The maximum Gasteiger partial charge on any atom is 0.254 e. The normalized spacial score (nSPS) is 11.7. The molecule has 0 bridgehead atoms. The van der Waals surface area contributed by atoms with Gasteiger partial charge in [-0.2, -0.15) is 0 Å². The molecule has 0 aliphatic rings. The summed E-state index contributed by atoms with van der Waals surface area (Å²) in [5.41, 5.74) is 3.84. The van der Waals surface area contributed by atoms with Gasteiger partial charge in [0.25, 0.3) is 5.91 Å². The maximum absolute atomic E-state index is 13.3. The predicted octanol–water partition coefficient (Wildman–Crippen LogP) is 4.65. The second kappa shape index (κ2) is 10.6. The van der Waals surface area contributed by atoms with Crippen LogP contribution in [0.2, 0.25) is 0 Å². The van der Waals surface area contributed by atoms with E-state index in [9.17, 15) is 4.79 Å². The fraction of sp³-hybridized carbons (Fsp3) is 0.280. The number of nitrogens with zero attached hydrogens (tertiary/aromatic N) is 2. The van der Waals surface area contributed by atoms with Crippen LogP contribution in [0.25, 0.3) is 0 Å². The number of carbonyl (C=O) groups excluding carboxylic acids is 1. The Morgan fingerprint density at radius 1 is 1.00 bits per heavy atom. The molecule has 0 aliphatic heterocycles. The molecule has 0 saturated carbocycles. The lowest BCUT2D eigenvalue weighted by atomic mass is 10.1. The number of hydrogen-bond acceptors (Lipinski definition) is 4. The van der Waals surface area contributed by atoms with E-state index in [1.807, 2.05) is 79.4 Å². The van der Waals surface area contributed by atoms with Gasteiger partial charge in [0.2, 0.25) is 0 Å². The molecule has 5 nitrogen and oxygen atoms in total. The van der Waals surface area contributed by atoms with Gasteiger partial charge in [-0.05, 0) is 61.4 Å². The summed E-state index contributed by atoms with van der Waals surface area (Å²) in [6.45, 7) is 5.47. The van der Waals surface area contributed by atoms with Gasteiger partial charge in [-0.15, -0.1) is 0 Å². The summed E-state index contributed by atoms with van der Waals surface area (Å²) in [7, 11) is 1.66. The zero-order chi connectivity index (χ0) is 21.3. The lowest BCUT2D eigenvalue weighted by molar-refractivity contribution is 0.0729. The van der Waals surface area contributed by atoms with Gasteiger partial charge in [-0.25, -0.2) is 0 Å². The van der Waals surface area contributed by atoms with Crippen molar-refractivity contribution in [3.8, 4) is 5.75 Å². The van der Waals surface area contributed by atoms with E-state index in [1.54, 1.807) is 19.5 Å². The van der Waals surface area contributed by atoms with E-state index >= 15 is 0 Å². The van der Waals surface area contributed by atoms with Crippen molar-refractivity contribution in [1.29, 1.82) is 0 Å². The molecule has 2 aromatic carbocycles. The predicted molar refractivity (Wildman–Crippen MR) is 117 cm³/mol. The molecule has 0 fully saturated rings. The van der Waals surface area contributed by atoms with E-state index in [-0.39, 0.29) is 12.0 Å². The molecule has 3 rings (SSSR count). The summed E-state index contributed by atoms with van der Waals surface area (Å²) in [5, 5.41) is 0. The molecule has 1 aromatic heterocycles. The number of hydrogen-bond donors (Lipinski definition) is 0. The zero-order valence-corrected chi connectivity index (χ0v) is 17.7. The second-order valence-electron chi connectivity index (χ2n) is 7.41. The van der Waals surface area contributed by atoms with Gasteiger partial charge in [0, 0.05) is 38.2 Å². The van der Waals surface area contributed by atoms with Crippen LogP contribution in [0.15, 0.2) is 73.1 Å². The molecular formula is C25H28N2O3. The molecule has 0 spiro atoms. The van der Waals surface area contributed by atoms with Gasteiger partial charge in [0.1, 0.15) is 11.9 Å². The number of aromatic nitrogens is 1. The van der Waals surface area contributed by atoms with Crippen LogP contribution in [0, 0.1) is 6.92 Å².